The van der Waals surface area contributed by atoms with E-state index in [2.05, 4.69) is 20.8 Å². The first-order chi connectivity index (χ1) is 11.7. The average Bonchev–Trinajstić information content (AvgIpc) is 3.05. The Kier molecular flexibility index (Phi) is 6.12. The van der Waals surface area contributed by atoms with Crippen molar-refractivity contribution in [2.45, 2.75) is 77.4 Å². The van der Waals surface area contributed by atoms with Crippen molar-refractivity contribution >= 4 is 31.7 Å². The van der Waals surface area contributed by atoms with Crippen LogP contribution in [0.4, 0.5) is 4.79 Å². The van der Waals surface area contributed by atoms with Gasteiger partial charge in [0.2, 0.25) is 0 Å². The SMILES string of the molecule is CC[Si](CC)(CC)O[C@@H]1C(=O)N(C(=O)OC(C)(C)C)[C@@H]1c1ccsc1. The van der Waals surface area contributed by atoms with E-state index in [1.165, 1.54) is 4.90 Å². The van der Waals surface area contributed by atoms with Crippen LogP contribution in [0.1, 0.15) is 53.1 Å². The van der Waals surface area contributed by atoms with Crippen molar-refractivity contribution in [1.82, 2.24) is 4.90 Å². The van der Waals surface area contributed by atoms with Crippen LogP contribution in [0.3, 0.4) is 0 Å². The summed E-state index contributed by atoms with van der Waals surface area (Å²) in [6.45, 7) is 11.8. The van der Waals surface area contributed by atoms with Crippen LogP contribution in [0.5, 0.6) is 0 Å². The molecule has 25 heavy (non-hydrogen) atoms. The molecule has 0 N–H and O–H groups in total. The van der Waals surface area contributed by atoms with Crippen molar-refractivity contribution in [3.8, 4) is 0 Å². The van der Waals surface area contributed by atoms with Gasteiger partial charge in [0.25, 0.3) is 5.91 Å². The molecule has 1 fully saturated rings. The molecule has 0 saturated carbocycles. The number of amides is 2. The van der Waals surface area contributed by atoms with E-state index in [0.717, 1.165) is 23.7 Å². The minimum atomic E-state index is -1.95. The Morgan fingerprint density at radius 1 is 1.24 bits per heavy atom. The number of carbonyl (C=O) groups excluding carboxylic acids is 2. The summed E-state index contributed by atoms with van der Waals surface area (Å²) in [4.78, 5) is 26.5. The summed E-state index contributed by atoms with van der Waals surface area (Å²) in [6.07, 6.45) is -1.17. The zero-order valence-electron chi connectivity index (χ0n) is 16.0. The van der Waals surface area contributed by atoms with Crippen LogP contribution in [0.2, 0.25) is 18.1 Å². The maximum Gasteiger partial charge on any atom is 0.417 e. The molecule has 1 aromatic rings. The summed E-state index contributed by atoms with van der Waals surface area (Å²) in [5.41, 5.74) is 0.295. The number of hydrogen-bond acceptors (Lipinski definition) is 5. The highest BCUT2D eigenvalue weighted by Gasteiger charge is 2.56. The van der Waals surface area contributed by atoms with Gasteiger partial charge in [-0.3, -0.25) is 4.79 Å². The number of ether oxygens (including phenoxy) is 1. The van der Waals surface area contributed by atoms with Gasteiger partial charge in [0.15, 0.2) is 14.4 Å². The summed E-state index contributed by atoms with van der Waals surface area (Å²) in [6, 6.07) is 4.46. The molecule has 1 saturated heterocycles. The third-order valence-corrected chi connectivity index (χ3v) is 10.2. The number of β-lactam (4-membered cyclic amide) rings is 1. The smallest absolute Gasteiger partial charge is 0.417 e. The highest BCUT2D eigenvalue weighted by Crippen LogP contribution is 2.41. The predicted molar refractivity (Wildman–Crippen MR) is 102 cm³/mol. The molecule has 1 aromatic heterocycles. The minimum absolute atomic E-state index is 0.280. The van der Waals surface area contributed by atoms with Gasteiger partial charge in [-0.25, -0.2) is 9.69 Å². The molecular formula is C18H29NO4SSi. The number of imide groups is 1. The first-order valence-electron chi connectivity index (χ1n) is 8.94. The number of nitrogens with zero attached hydrogens (tertiary/aromatic N) is 1. The molecule has 0 aliphatic carbocycles. The molecule has 0 unspecified atom stereocenters. The molecule has 2 rings (SSSR count). The molecule has 5 nitrogen and oxygen atoms in total. The van der Waals surface area contributed by atoms with Gasteiger partial charge in [0.1, 0.15) is 11.6 Å². The topological polar surface area (TPSA) is 55.8 Å². The molecule has 7 heteroatoms. The molecule has 0 radical (unpaired) electrons. The summed E-state index contributed by atoms with van der Waals surface area (Å²) in [7, 11) is -1.95. The van der Waals surface area contributed by atoms with Crippen LogP contribution in [-0.4, -0.2) is 36.9 Å². The number of likely N-dealkylation sites (tertiary alicyclic amines) is 1. The largest absolute Gasteiger partial charge is 0.443 e. The Morgan fingerprint density at radius 2 is 1.84 bits per heavy atom. The fourth-order valence-corrected chi connectivity index (χ4v) is 6.59. The Morgan fingerprint density at radius 3 is 2.28 bits per heavy atom. The van der Waals surface area contributed by atoms with E-state index in [1.54, 1.807) is 32.1 Å². The third-order valence-electron chi connectivity index (χ3n) is 4.83. The van der Waals surface area contributed by atoms with Gasteiger partial charge in [-0.15, -0.1) is 0 Å². The van der Waals surface area contributed by atoms with Crippen molar-refractivity contribution in [2.24, 2.45) is 0 Å². The lowest BCUT2D eigenvalue weighted by atomic mass is 9.93. The van der Waals surface area contributed by atoms with E-state index in [-0.39, 0.29) is 11.9 Å². The second-order valence-corrected chi connectivity index (χ2v) is 13.0. The Labute approximate surface area is 155 Å². The molecule has 0 bridgehead atoms. The Balaban J connectivity index is 2.27. The fourth-order valence-electron chi connectivity index (χ4n) is 3.13. The van der Waals surface area contributed by atoms with E-state index in [0.29, 0.717) is 0 Å². The highest BCUT2D eigenvalue weighted by molar-refractivity contribution is 7.08. The second-order valence-electron chi connectivity index (χ2n) is 7.47. The molecule has 2 amide bonds. The van der Waals surface area contributed by atoms with Crippen LogP contribution in [0.15, 0.2) is 16.8 Å². The van der Waals surface area contributed by atoms with Gasteiger partial charge >= 0.3 is 6.09 Å². The van der Waals surface area contributed by atoms with E-state index >= 15 is 0 Å². The number of rotatable bonds is 6. The van der Waals surface area contributed by atoms with Crippen molar-refractivity contribution in [2.75, 3.05) is 0 Å². The number of carbonyl (C=O) groups is 2. The monoisotopic (exact) mass is 383 g/mol. The van der Waals surface area contributed by atoms with Crippen LogP contribution >= 0.6 is 11.3 Å². The van der Waals surface area contributed by atoms with Crippen molar-refractivity contribution in [3.63, 3.8) is 0 Å². The summed E-state index contributed by atoms with van der Waals surface area (Å²) >= 11 is 1.55. The van der Waals surface area contributed by atoms with E-state index in [4.69, 9.17) is 9.16 Å². The quantitative estimate of drug-likeness (QED) is 0.515. The van der Waals surface area contributed by atoms with Gasteiger partial charge in [0.05, 0.1) is 0 Å². The van der Waals surface area contributed by atoms with Crippen molar-refractivity contribution in [3.05, 3.63) is 22.4 Å². The normalized spacial score (nSPS) is 21.2. The average molecular weight is 384 g/mol. The third kappa shape index (κ3) is 4.15. The van der Waals surface area contributed by atoms with Crippen LogP contribution < -0.4 is 0 Å². The first kappa shape index (κ1) is 20.1. The summed E-state index contributed by atoms with van der Waals surface area (Å²) in [5.74, 6) is -0.280. The fraction of sp³-hybridized carbons (Fsp3) is 0.667. The Hall–Kier alpha value is -1.18. The van der Waals surface area contributed by atoms with Crippen molar-refractivity contribution in [1.29, 1.82) is 0 Å². The van der Waals surface area contributed by atoms with Gasteiger partial charge in [0, 0.05) is 0 Å². The maximum atomic E-state index is 12.7. The highest BCUT2D eigenvalue weighted by atomic mass is 32.1. The van der Waals surface area contributed by atoms with Crippen molar-refractivity contribution < 1.29 is 18.8 Å². The zero-order valence-corrected chi connectivity index (χ0v) is 17.8. The summed E-state index contributed by atoms with van der Waals surface area (Å²) in [5, 5.41) is 3.92. The van der Waals surface area contributed by atoms with E-state index in [1.807, 2.05) is 16.8 Å². The molecule has 140 valence electrons. The minimum Gasteiger partial charge on any atom is -0.443 e. The molecule has 2 heterocycles. The molecule has 0 spiro atoms. The van der Waals surface area contributed by atoms with Gasteiger partial charge in [-0.05, 0) is 61.3 Å². The first-order valence-corrected chi connectivity index (χ1v) is 12.4. The maximum absolute atomic E-state index is 12.7. The molecule has 2 atom stereocenters. The van der Waals surface area contributed by atoms with Crippen LogP contribution in [-0.2, 0) is 14.0 Å². The van der Waals surface area contributed by atoms with Gasteiger partial charge in [-0.1, -0.05) is 20.8 Å². The van der Waals surface area contributed by atoms with Gasteiger partial charge < -0.3 is 9.16 Å². The zero-order chi connectivity index (χ0) is 18.8. The van der Waals surface area contributed by atoms with Gasteiger partial charge in [-0.2, -0.15) is 11.3 Å². The Bertz CT molecular complexity index is 599. The lowest BCUT2D eigenvalue weighted by Gasteiger charge is -2.48. The van der Waals surface area contributed by atoms with E-state index < -0.39 is 26.1 Å². The lowest BCUT2D eigenvalue weighted by Crippen LogP contribution is -2.65. The predicted octanol–water partition coefficient (Wildman–Crippen LogP) is 4.96. The summed E-state index contributed by atoms with van der Waals surface area (Å²) < 4.78 is 11.8. The van der Waals surface area contributed by atoms with Crippen LogP contribution in [0, 0.1) is 0 Å². The van der Waals surface area contributed by atoms with Crippen LogP contribution in [0.25, 0.3) is 0 Å². The molecule has 1 aliphatic rings. The molecule has 1 aliphatic heterocycles. The lowest BCUT2D eigenvalue weighted by molar-refractivity contribution is -0.162. The standard InChI is InChI=1S/C18H29NO4SSi/c1-7-25(8-2,9-3)23-15-14(13-10-11-24-12-13)19(16(15)20)17(21)22-18(4,5)6/h10-12,14-15H,7-9H2,1-6H3/t14-,15+/m1/s1. The number of thiophene rings is 1. The second kappa shape index (κ2) is 7.59. The molecular weight excluding hydrogens is 354 g/mol. The van der Waals surface area contributed by atoms with E-state index in [9.17, 15) is 9.59 Å². The number of hydrogen-bond donors (Lipinski definition) is 0. The molecule has 0 aromatic carbocycles.